The number of hydrogen-bond acceptors (Lipinski definition) is 3. The number of fused-ring (bicyclic) bond motifs is 1. The minimum absolute atomic E-state index is 0.0685. The van der Waals surface area contributed by atoms with E-state index in [1.54, 1.807) is 24.5 Å². The van der Waals surface area contributed by atoms with Crippen LogP contribution in [0.15, 0.2) is 42.7 Å². The van der Waals surface area contributed by atoms with Crippen LogP contribution < -0.4 is 10.6 Å². The Kier molecular flexibility index (Phi) is 3.25. The topological polar surface area (TPSA) is 54.0 Å². The maximum absolute atomic E-state index is 11.9. The Morgan fingerprint density at radius 3 is 2.79 bits per heavy atom. The van der Waals surface area contributed by atoms with Gasteiger partial charge in [-0.3, -0.25) is 9.78 Å². The molecule has 0 bridgehead atoms. The highest BCUT2D eigenvalue weighted by Crippen LogP contribution is 2.16. The van der Waals surface area contributed by atoms with Crippen molar-refractivity contribution in [1.82, 2.24) is 15.6 Å². The number of benzene rings is 1. The van der Waals surface area contributed by atoms with Crippen LogP contribution in [0, 0.1) is 0 Å². The third-order valence-corrected chi connectivity index (χ3v) is 3.30. The summed E-state index contributed by atoms with van der Waals surface area (Å²) >= 11 is 0. The van der Waals surface area contributed by atoms with Crippen LogP contribution in [0.1, 0.15) is 27.0 Å². The lowest BCUT2D eigenvalue weighted by Gasteiger charge is -2.07. The molecule has 1 aliphatic heterocycles. The number of carbonyl (C=O) groups excluding carboxylic acids is 1. The Bertz CT molecular complexity index is 596. The number of carbonyl (C=O) groups is 1. The van der Waals surface area contributed by atoms with Crippen LogP contribution in [0.5, 0.6) is 0 Å². The fourth-order valence-electron chi connectivity index (χ4n) is 2.25. The lowest BCUT2D eigenvalue weighted by Crippen LogP contribution is -2.22. The summed E-state index contributed by atoms with van der Waals surface area (Å²) in [4.78, 5) is 15.8. The number of aromatic nitrogens is 1. The van der Waals surface area contributed by atoms with Crippen LogP contribution in [0.2, 0.25) is 0 Å². The van der Waals surface area contributed by atoms with Crippen molar-refractivity contribution < 1.29 is 4.79 Å². The van der Waals surface area contributed by atoms with Crippen LogP contribution in [0.4, 0.5) is 0 Å². The molecule has 1 aromatic heterocycles. The molecule has 0 saturated heterocycles. The van der Waals surface area contributed by atoms with Gasteiger partial charge in [0, 0.05) is 37.6 Å². The SMILES string of the molecule is O=C(NCc1ccc2c(c1)CNC2)c1ccncc1. The Balaban J connectivity index is 1.65. The molecule has 1 aromatic carbocycles. The number of amides is 1. The summed E-state index contributed by atoms with van der Waals surface area (Å²) in [6.07, 6.45) is 3.24. The van der Waals surface area contributed by atoms with Crippen LogP contribution in [-0.4, -0.2) is 10.9 Å². The summed E-state index contributed by atoms with van der Waals surface area (Å²) in [5.74, 6) is -0.0685. The molecule has 0 saturated carbocycles. The first kappa shape index (κ1) is 11.9. The molecule has 0 aliphatic carbocycles. The highest BCUT2D eigenvalue weighted by molar-refractivity contribution is 5.93. The van der Waals surface area contributed by atoms with E-state index in [9.17, 15) is 4.79 Å². The van der Waals surface area contributed by atoms with E-state index in [1.165, 1.54) is 11.1 Å². The Hall–Kier alpha value is -2.20. The molecule has 0 fully saturated rings. The van der Waals surface area contributed by atoms with Gasteiger partial charge in [-0.2, -0.15) is 0 Å². The molecule has 1 aliphatic rings. The number of nitrogens with one attached hydrogen (secondary N) is 2. The summed E-state index contributed by atoms with van der Waals surface area (Å²) in [5, 5.41) is 6.23. The molecule has 2 heterocycles. The Morgan fingerprint density at radius 1 is 1.16 bits per heavy atom. The third-order valence-electron chi connectivity index (χ3n) is 3.30. The summed E-state index contributed by atoms with van der Waals surface area (Å²) in [6, 6.07) is 9.77. The van der Waals surface area contributed by atoms with Crippen molar-refractivity contribution in [1.29, 1.82) is 0 Å². The average molecular weight is 253 g/mol. The standard InChI is InChI=1S/C15H15N3O/c19-15(12-3-5-16-6-4-12)18-8-11-1-2-13-9-17-10-14(13)7-11/h1-7,17H,8-10H2,(H,18,19). The van der Waals surface area contributed by atoms with E-state index in [1.807, 2.05) is 0 Å². The van der Waals surface area contributed by atoms with E-state index in [0.29, 0.717) is 12.1 Å². The van der Waals surface area contributed by atoms with Crippen molar-refractivity contribution in [3.63, 3.8) is 0 Å². The van der Waals surface area contributed by atoms with Crippen molar-refractivity contribution >= 4 is 5.91 Å². The maximum atomic E-state index is 11.9. The van der Waals surface area contributed by atoms with Gasteiger partial charge in [0.2, 0.25) is 0 Å². The molecule has 4 nitrogen and oxygen atoms in total. The second-order valence-corrected chi connectivity index (χ2v) is 4.63. The zero-order valence-electron chi connectivity index (χ0n) is 10.5. The predicted molar refractivity (Wildman–Crippen MR) is 72.4 cm³/mol. The molecular weight excluding hydrogens is 238 g/mol. The normalized spacial score (nSPS) is 13.1. The van der Waals surface area contributed by atoms with Gasteiger partial charge in [-0.15, -0.1) is 0 Å². The molecule has 19 heavy (non-hydrogen) atoms. The molecule has 0 radical (unpaired) electrons. The minimum Gasteiger partial charge on any atom is -0.348 e. The fraction of sp³-hybridized carbons (Fsp3) is 0.200. The lowest BCUT2D eigenvalue weighted by molar-refractivity contribution is 0.0951. The molecule has 0 atom stereocenters. The van der Waals surface area contributed by atoms with Crippen molar-refractivity contribution in [2.45, 2.75) is 19.6 Å². The van der Waals surface area contributed by atoms with Gasteiger partial charge in [0.15, 0.2) is 0 Å². The zero-order valence-corrected chi connectivity index (χ0v) is 10.5. The highest BCUT2D eigenvalue weighted by Gasteiger charge is 2.10. The first-order valence-corrected chi connectivity index (χ1v) is 6.32. The minimum atomic E-state index is -0.0685. The van der Waals surface area contributed by atoms with Crippen molar-refractivity contribution in [3.05, 3.63) is 65.0 Å². The molecule has 1 amide bonds. The van der Waals surface area contributed by atoms with Crippen molar-refractivity contribution in [3.8, 4) is 0 Å². The summed E-state index contributed by atoms with van der Waals surface area (Å²) in [6.45, 7) is 2.41. The van der Waals surface area contributed by atoms with Gasteiger partial charge < -0.3 is 10.6 Å². The average Bonchev–Trinajstić information content (AvgIpc) is 2.93. The number of rotatable bonds is 3. The molecule has 2 N–H and O–H groups in total. The zero-order chi connectivity index (χ0) is 13.1. The first-order chi connectivity index (χ1) is 9.33. The van der Waals surface area contributed by atoms with E-state index < -0.39 is 0 Å². The van der Waals surface area contributed by atoms with E-state index in [4.69, 9.17) is 0 Å². The number of pyridine rings is 1. The highest BCUT2D eigenvalue weighted by atomic mass is 16.1. The molecule has 96 valence electrons. The van der Waals surface area contributed by atoms with E-state index in [2.05, 4.69) is 33.8 Å². The van der Waals surface area contributed by atoms with Gasteiger partial charge in [0.1, 0.15) is 0 Å². The Labute approximate surface area is 111 Å². The predicted octanol–water partition coefficient (Wildman–Crippen LogP) is 1.61. The molecule has 0 spiro atoms. The first-order valence-electron chi connectivity index (χ1n) is 6.32. The molecule has 4 heteroatoms. The molecule has 2 aromatic rings. The molecular formula is C15H15N3O. The van der Waals surface area contributed by atoms with E-state index >= 15 is 0 Å². The number of hydrogen-bond donors (Lipinski definition) is 2. The van der Waals surface area contributed by atoms with Crippen LogP contribution >= 0.6 is 0 Å². The fourth-order valence-corrected chi connectivity index (χ4v) is 2.25. The van der Waals surface area contributed by atoms with Gasteiger partial charge in [-0.1, -0.05) is 18.2 Å². The molecule has 0 unspecified atom stereocenters. The smallest absolute Gasteiger partial charge is 0.251 e. The molecule has 3 rings (SSSR count). The van der Waals surface area contributed by atoms with E-state index in [0.717, 1.165) is 18.7 Å². The second kappa shape index (κ2) is 5.20. The summed E-state index contributed by atoms with van der Waals surface area (Å²) in [7, 11) is 0. The van der Waals surface area contributed by atoms with Crippen molar-refractivity contribution in [2.24, 2.45) is 0 Å². The summed E-state index contributed by atoms with van der Waals surface area (Å²) < 4.78 is 0. The maximum Gasteiger partial charge on any atom is 0.251 e. The monoisotopic (exact) mass is 253 g/mol. The quantitative estimate of drug-likeness (QED) is 0.874. The summed E-state index contributed by atoms with van der Waals surface area (Å²) in [5.41, 5.74) is 4.45. The van der Waals surface area contributed by atoms with Gasteiger partial charge in [-0.05, 0) is 28.8 Å². The Morgan fingerprint density at radius 2 is 1.95 bits per heavy atom. The van der Waals surface area contributed by atoms with Crippen LogP contribution in [0.3, 0.4) is 0 Å². The van der Waals surface area contributed by atoms with Crippen LogP contribution in [-0.2, 0) is 19.6 Å². The van der Waals surface area contributed by atoms with Gasteiger partial charge in [0.05, 0.1) is 0 Å². The van der Waals surface area contributed by atoms with Gasteiger partial charge >= 0.3 is 0 Å². The number of nitrogens with zero attached hydrogens (tertiary/aromatic N) is 1. The van der Waals surface area contributed by atoms with Gasteiger partial charge in [-0.25, -0.2) is 0 Å². The second-order valence-electron chi connectivity index (χ2n) is 4.63. The lowest BCUT2D eigenvalue weighted by atomic mass is 10.1. The van der Waals surface area contributed by atoms with Crippen molar-refractivity contribution in [2.75, 3.05) is 0 Å². The van der Waals surface area contributed by atoms with Crippen LogP contribution in [0.25, 0.3) is 0 Å². The largest absolute Gasteiger partial charge is 0.348 e. The van der Waals surface area contributed by atoms with Gasteiger partial charge in [0.25, 0.3) is 5.91 Å². The third kappa shape index (κ3) is 2.63. The van der Waals surface area contributed by atoms with E-state index in [-0.39, 0.29) is 5.91 Å².